The fourth-order valence-corrected chi connectivity index (χ4v) is 5.85. The van der Waals surface area contributed by atoms with Crippen LogP contribution in [0, 0.1) is 0 Å². The Kier molecular flexibility index (Phi) is 7.31. The quantitative estimate of drug-likeness (QED) is 0.202. The maximum Gasteiger partial charge on any atom is 0.451 e. The molecule has 2 amide bonds. The third kappa shape index (κ3) is 5.97. The number of hydrogen-bond acceptors (Lipinski definition) is 7. The van der Waals surface area contributed by atoms with Crippen LogP contribution in [0.25, 0.3) is 21.5 Å². The normalized spacial score (nSPS) is 14.9. The molecule has 5 aromatic rings. The second kappa shape index (κ2) is 11.0. The number of aromatic amines is 1. The minimum atomic E-state index is -4.65. The van der Waals surface area contributed by atoms with Gasteiger partial charge in [-0.2, -0.15) is 31.4 Å². The standard InChI is InChI=1S/C28H19F6N7O2S/c29-27(30,31)22-9-15-2-1-13(7-21(15)44-22)11-35-24(42)19-10-20(37-12-36-19)25(43)38-18-6-4-14-8-16(3-5-17(14)18)23-39-26(41-40-23)28(32,33)34/h1-3,5,7-10,12,18H,4,6,11H2,(H,35,42)(H,38,43)(H,39,40,41)/t18-/m0/s1. The third-order valence-electron chi connectivity index (χ3n) is 6.99. The third-order valence-corrected chi connectivity index (χ3v) is 8.13. The molecule has 3 heterocycles. The molecule has 3 N–H and O–H groups in total. The van der Waals surface area contributed by atoms with Crippen LogP contribution < -0.4 is 10.6 Å². The van der Waals surface area contributed by atoms with Gasteiger partial charge in [0.15, 0.2) is 5.82 Å². The van der Waals surface area contributed by atoms with Gasteiger partial charge in [0.2, 0.25) is 5.82 Å². The van der Waals surface area contributed by atoms with Crippen molar-refractivity contribution in [2.75, 3.05) is 0 Å². The molecule has 0 fully saturated rings. The first-order valence-electron chi connectivity index (χ1n) is 13.0. The molecule has 0 radical (unpaired) electrons. The number of rotatable bonds is 6. The van der Waals surface area contributed by atoms with Crippen LogP contribution in [0.2, 0.25) is 0 Å². The Morgan fingerprint density at radius 1 is 0.932 bits per heavy atom. The number of alkyl halides is 6. The summed E-state index contributed by atoms with van der Waals surface area (Å²) >= 11 is 0.617. The Bertz CT molecular complexity index is 1900. The number of carbonyl (C=O) groups is 2. The summed E-state index contributed by atoms with van der Waals surface area (Å²) in [6.45, 7) is 0.0196. The highest BCUT2D eigenvalue weighted by molar-refractivity contribution is 7.19. The van der Waals surface area contributed by atoms with Crippen LogP contribution in [0.3, 0.4) is 0 Å². The summed E-state index contributed by atoms with van der Waals surface area (Å²) in [7, 11) is 0. The van der Waals surface area contributed by atoms with Gasteiger partial charge in [-0.1, -0.05) is 24.3 Å². The molecular weight excluding hydrogens is 612 g/mol. The van der Waals surface area contributed by atoms with E-state index in [0.717, 1.165) is 23.5 Å². The minimum absolute atomic E-state index is 0.0196. The monoisotopic (exact) mass is 631 g/mol. The second-order valence-corrected chi connectivity index (χ2v) is 11.0. The van der Waals surface area contributed by atoms with Crippen molar-refractivity contribution in [2.45, 2.75) is 37.8 Å². The molecule has 1 aliphatic rings. The first-order chi connectivity index (χ1) is 20.8. The molecule has 9 nitrogen and oxygen atoms in total. The van der Waals surface area contributed by atoms with E-state index in [1.54, 1.807) is 36.4 Å². The lowest BCUT2D eigenvalue weighted by Gasteiger charge is -2.14. The lowest BCUT2D eigenvalue weighted by Crippen LogP contribution is -2.29. The van der Waals surface area contributed by atoms with E-state index >= 15 is 0 Å². The number of aromatic nitrogens is 5. The fourth-order valence-electron chi connectivity index (χ4n) is 4.86. The van der Waals surface area contributed by atoms with E-state index in [2.05, 4.69) is 30.7 Å². The highest BCUT2D eigenvalue weighted by Gasteiger charge is 2.36. The summed E-state index contributed by atoms with van der Waals surface area (Å²) in [6.07, 6.45) is -6.93. The van der Waals surface area contributed by atoms with E-state index in [1.807, 2.05) is 5.10 Å². The Labute approximate surface area is 247 Å². The number of benzene rings is 2. The summed E-state index contributed by atoms with van der Waals surface area (Å²) in [6, 6.07) is 11.6. The van der Waals surface area contributed by atoms with E-state index in [0.29, 0.717) is 45.4 Å². The number of thiophene rings is 1. The summed E-state index contributed by atoms with van der Waals surface area (Å²) in [4.78, 5) is 36.5. The zero-order valence-corrected chi connectivity index (χ0v) is 23.0. The molecule has 0 bridgehead atoms. The van der Waals surface area contributed by atoms with Gasteiger partial charge in [0.25, 0.3) is 11.8 Å². The zero-order chi connectivity index (χ0) is 31.2. The van der Waals surface area contributed by atoms with Crippen molar-refractivity contribution in [3.05, 3.63) is 93.6 Å². The molecule has 1 aliphatic carbocycles. The molecule has 226 valence electrons. The summed E-state index contributed by atoms with van der Waals surface area (Å²) in [5.41, 5.74) is 2.45. The molecule has 6 rings (SSSR count). The van der Waals surface area contributed by atoms with Gasteiger partial charge >= 0.3 is 12.4 Å². The molecule has 16 heteroatoms. The number of H-pyrrole nitrogens is 1. The Morgan fingerprint density at radius 3 is 2.43 bits per heavy atom. The van der Waals surface area contributed by atoms with Gasteiger partial charge in [-0.3, -0.25) is 14.7 Å². The van der Waals surface area contributed by atoms with Crippen molar-refractivity contribution in [3.8, 4) is 11.4 Å². The molecule has 2 aromatic carbocycles. The van der Waals surface area contributed by atoms with Crippen LogP contribution in [0.1, 0.15) is 60.8 Å². The topological polar surface area (TPSA) is 126 Å². The Balaban J connectivity index is 1.09. The van der Waals surface area contributed by atoms with Gasteiger partial charge in [-0.05, 0) is 53.1 Å². The number of halogens is 6. The van der Waals surface area contributed by atoms with Crippen molar-refractivity contribution in [3.63, 3.8) is 0 Å². The van der Waals surface area contributed by atoms with Crippen LogP contribution >= 0.6 is 11.3 Å². The zero-order valence-electron chi connectivity index (χ0n) is 22.2. The molecule has 1 atom stereocenters. The van der Waals surface area contributed by atoms with Crippen LogP contribution in [0.15, 0.2) is 54.9 Å². The van der Waals surface area contributed by atoms with E-state index in [1.165, 1.54) is 6.07 Å². The number of amides is 2. The van der Waals surface area contributed by atoms with E-state index in [4.69, 9.17) is 0 Å². The minimum Gasteiger partial charge on any atom is -0.347 e. The predicted molar refractivity (Wildman–Crippen MR) is 145 cm³/mol. The Morgan fingerprint density at radius 2 is 1.70 bits per heavy atom. The molecular formula is C28H19F6N7O2S. The number of fused-ring (bicyclic) bond motifs is 2. The van der Waals surface area contributed by atoms with Crippen molar-refractivity contribution >= 4 is 33.2 Å². The van der Waals surface area contributed by atoms with Gasteiger partial charge in [0, 0.05) is 22.9 Å². The van der Waals surface area contributed by atoms with Crippen LogP contribution in [0.4, 0.5) is 26.3 Å². The lowest BCUT2D eigenvalue weighted by atomic mass is 10.0. The second-order valence-electron chi connectivity index (χ2n) is 9.94. The van der Waals surface area contributed by atoms with E-state index in [-0.39, 0.29) is 23.8 Å². The molecule has 0 saturated carbocycles. The number of aryl methyl sites for hydroxylation is 1. The first-order valence-corrected chi connectivity index (χ1v) is 13.8. The van der Waals surface area contributed by atoms with E-state index < -0.39 is 40.9 Å². The maximum absolute atomic E-state index is 13.0. The molecule has 3 aromatic heterocycles. The number of hydrogen-bond donors (Lipinski definition) is 3. The Hall–Kier alpha value is -4.86. The average molecular weight is 632 g/mol. The number of nitrogens with zero attached hydrogens (tertiary/aromatic N) is 4. The average Bonchev–Trinajstić information content (AvgIpc) is 3.74. The summed E-state index contributed by atoms with van der Waals surface area (Å²) in [5, 5.41) is 11.5. The summed E-state index contributed by atoms with van der Waals surface area (Å²) in [5.74, 6) is -2.46. The van der Waals surface area contributed by atoms with Crippen molar-refractivity contribution in [1.82, 2.24) is 35.8 Å². The van der Waals surface area contributed by atoms with Gasteiger partial charge in [-0.15, -0.1) is 11.3 Å². The highest BCUT2D eigenvalue weighted by Crippen LogP contribution is 2.38. The van der Waals surface area contributed by atoms with Crippen LogP contribution in [0.5, 0.6) is 0 Å². The van der Waals surface area contributed by atoms with Crippen molar-refractivity contribution in [1.29, 1.82) is 0 Å². The van der Waals surface area contributed by atoms with Crippen LogP contribution in [-0.4, -0.2) is 37.0 Å². The van der Waals surface area contributed by atoms with Gasteiger partial charge < -0.3 is 10.6 Å². The van der Waals surface area contributed by atoms with Gasteiger partial charge in [0.05, 0.1) is 6.04 Å². The molecule has 0 unspecified atom stereocenters. The van der Waals surface area contributed by atoms with Gasteiger partial charge in [0.1, 0.15) is 22.6 Å². The lowest BCUT2D eigenvalue weighted by molar-refractivity contribution is -0.144. The van der Waals surface area contributed by atoms with Crippen molar-refractivity contribution < 1.29 is 35.9 Å². The fraction of sp³-hybridized carbons (Fsp3) is 0.214. The summed E-state index contributed by atoms with van der Waals surface area (Å²) < 4.78 is 78.1. The molecule has 0 spiro atoms. The SMILES string of the molecule is O=C(NCc1ccc2cc(C(F)(F)F)sc2c1)c1cc(C(=O)N[C@H]2CCc3cc(-c4n[nH]c(C(F)(F)F)n4)ccc32)ncn1. The number of carbonyl (C=O) groups excluding carboxylic acids is 2. The predicted octanol–water partition coefficient (Wildman–Crippen LogP) is 5.86. The molecule has 0 aliphatic heterocycles. The maximum atomic E-state index is 13.0. The molecule has 44 heavy (non-hydrogen) atoms. The van der Waals surface area contributed by atoms with Crippen molar-refractivity contribution in [2.24, 2.45) is 0 Å². The van der Waals surface area contributed by atoms with Crippen LogP contribution in [-0.2, 0) is 25.3 Å². The van der Waals surface area contributed by atoms with Gasteiger partial charge in [-0.25, -0.2) is 15.0 Å². The largest absolute Gasteiger partial charge is 0.451 e. The molecule has 0 saturated heterocycles. The first kappa shape index (κ1) is 29.2. The highest BCUT2D eigenvalue weighted by atomic mass is 32.1. The number of nitrogens with one attached hydrogen (secondary N) is 3. The smallest absolute Gasteiger partial charge is 0.347 e. The van der Waals surface area contributed by atoms with E-state index in [9.17, 15) is 35.9 Å².